The molecule has 3 N–H and O–H groups in total. The van der Waals surface area contributed by atoms with E-state index in [2.05, 4.69) is 30.4 Å². The standard InChI is InChI=1S/C12H16N6OS/c1-2-16-17-9(1)18-8(10-13-3-4-14-10)7-20-12(18)11-15-5-6-19-11/h1-4,8,11-12,15H,5-7H2,(H,13,14)(H,16,17). The van der Waals surface area contributed by atoms with Crippen LogP contribution in [0.5, 0.6) is 0 Å². The normalized spacial score (nSPS) is 30.2. The van der Waals surface area contributed by atoms with E-state index in [4.69, 9.17) is 4.74 Å². The number of imidazole rings is 1. The molecule has 20 heavy (non-hydrogen) atoms. The van der Waals surface area contributed by atoms with Gasteiger partial charge in [-0.05, 0) is 0 Å². The Kier molecular flexibility index (Phi) is 3.13. The van der Waals surface area contributed by atoms with Crippen LogP contribution in [0.3, 0.4) is 0 Å². The lowest BCUT2D eigenvalue weighted by molar-refractivity contribution is 0.0981. The Hall–Kier alpha value is -1.51. The second-order valence-electron chi connectivity index (χ2n) is 4.81. The Morgan fingerprint density at radius 1 is 1.40 bits per heavy atom. The van der Waals surface area contributed by atoms with Crippen molar-refractivity contribution in [3.05, 3.63) is 30.5 Å². The van der Waals surface area contributed by atoms with Gasteiger partial charge in [0, 0.05) is 30.8 Å². The minimum atomic E-state index is 0.0447. The molecule has 2 aromatic heterocycles. The first kappa shape index (κ1) is 12.2. The van der Waals surface area contributed by atoms with Crippen LogP contribution in [-0.2, 0) is 4.74 Å². The van der Waals surface area contributed by atoms with Gasteiger partial charge >= 0.3 is 0 Å². The van der Waals surface area contributed by atoms with Crippen molar-refractivity contribution in [3.8, 4) is 0 Å². The minimum absolute atomic E-state index is 0.0447. The van der Waals surface area contributed by atoms with Crippen LogP contribution in [0.2, 0.25) is 0 Å². The largest absolute Gasteiger partial charge is 0.359 e. The first-order valence-corrected chi connectivity index (χ1v) is 7.72. The molecule has 4 heterocycles. The Morgan fingerprint density at radius 3 is 3.10 bits per heavy atom. The van der Waals surface area contributed by atoms with Crippen LogP contribution in [0.4, 0.5) is 5.82 Å². The molecule has 8 heteroatoms. The van der Waals surface area contributed by atoms with Gasteiger partial charge in [0.2, 0.25) is 0 Å². The van der Waals surface area contributed by atoms with Gasteiger partial charge in [-0.2, -0.15) is 5.10 Å². The summed E-state index contributed by atoms with van der Waals surface area (Å²) in [4.78, 5) is 9.94. The highest BCUT2D eigenvalue weighted by atomic mass is 32.2. The molecule has 4 rings (SSSR count). The Morgan fingerprint density at radius 2 is 2.40 bits per heavy atom. The van der Waals surface area contributed by atoms with E-state index < -0.39 is 0 Å². The van der Waals surface area contributed by atoms with Gasteiger partial charge in [0.05, 0.1) is 18.8 Å². The highest BCUT2D eigenvalue weighted by molar-refractivity contribution is 8.00. The Bertz CT molecular complexity index is 538. The van der Waals surface area contributed by atoms with E-state index in [9.17, 15) is 0 Å². The molecule has 3 unspecified atom stereocenters. The molecule has 0 aliphatic carbocycles. The minimum Gasteiger partial charge on any atom is -0.359 e. The van der Waals surface area contributed by atoms with E-state index in [1.807, 2.05) is 24.0 Å². The molecule has 2 fully saturated rings. The molecule has 0 spiro atoms. The average molecular weight is 292 g/mol. The van der Waals surface area contributed by atoms with Crippen molar-refractivity contribution in [2.45, 2.75) is 17.6 Å². The quantitative estimate of drug-likeness (QED) is 0.772. The molecule has 2 aliphatic rings. The SMILES string of the molecule is c1cc(N2C(c3ncc[nH]3)CSC2C2NCCO2)[nH]n1. The number of aromatic nitrogens is 4. The van der Waals surface area contributed by atoms with Gasteiger partial charge in [0.15, 0.2) is 0 Å². The summed E-state index contributed by atoms with van der Waals surface area (Å²) in [6.07, 6.45) is 5.48. The van der Waals surface area contributed by atoms with Crippen molar-refractivity contribution in [3.63, 3.8) is 0 Å². The number of hydrogen-bond acceptors (Lipinski definition) is 6. The van der Waals surface area contributed by atoms with Crippen molar-refractivity contribution < 1.29 is 4.74 Å². The van der Waals surface area contributed by atoms with Crippen LogP contribution < -0.4 is 10.2 Å². The van der Waals surface area contributed by atoms with Crippen molar-refractivity contribution in [2.24, 2.45) is 0 Å². The molecule has 0 aromatic carbocycles. The number of nitrogens with one attached hydrogen (secondary N) is 3. The molecule has 2 aromatic rings. The van der Waals surface area contributed by atoms with Crippen molar-refractivity contribution in [1.82, 2.24) is 25.5 Å². The Balaban J connectivity index is 1.67. The second-order valence-corrected chi connectivity index (χ2v) is 5.96. The van der Waals surface area contributed by atoms with Crippen LogP contribution in [0.1, 0.15) is 11.9 Å². The van der Waals surface area contributed by atoms with Crippen LogP contribution in [-0.4, -0.2) is 50.7 Å². The molecule has 2 aliphatic heterocycles. The van der Waals surface area contributed by atoms with Crippen molar-refractivity contribution in [1.29, 1.82) is 0 Å². The fourth-order valence-corrected chi connectivity index (χ4v) is 4.23. The van der Waals surface area contributed by atoms with Gasteiger partial charge in [-0.25, -0.2) is 4.98 Å². The number of rotatable bonds is 3. The number of ether oxygens (including phenoxy) is 1. The van der Waals surface area contributed by atoms with Crippen LogP contribution in [0, 0.1) is 0 Å². The number of nitrogens with zero attached hydrogens (tertiary/aromatic N) is 3. The third-order valence-electron chi connectivity index (χ3n) is 3.64. The highest BCUT2D eigenvalue weighted by Crippen LogP contribution is 2.42. The molecule has 0 radical (unpaired) electrons. The maximum atomic E-state index is 5.79. The topological polar surface area (TPSA) is 81.9 Å². The zero-order chi connectivity index (χ0) is 13.4. The highest BCUT2D eigenvalue weighted by Gasteiger charge is 2.42. The fraction of sp³-hybridized carbons (Fsp3) is 0.500. The van der Waals surface area contributed by atoms with Gasteiger partial charge in [-0.15, -0.1) is 11.8 Å². The lowest BCUT2D eigenvalue weighted by Crippen LogP contribution is -2.44. The van der Waals surface area contributed by atoms with E-state index >= 15 is 0 Å². The summed E-state index contributed by atoms with van der Waals surface area (Å²) in [5, 5.41) is 10.8. The number of hydrogen-bond donors (Lipinski definition) is 3. The van der Waals surface area contributed by atoms with E-state index in [1.165, 1.54) is 0 Å². The van der Waals surface area contributed by atoms with Gasteiger partial charge in [0.1, 0.15) is 23.2 Å². The second kappa shape index (κ2) is 5.12. The van der Waals surface area contributed by atoms with Gasteiger partial charge in [0.25, 0.3) is 0 Å². The third kappa shape index (κ3) is 2.00. The summed E-state index contributed by atoms with van der Waals surface area (Å²) in [6.45, 7) is 1.67. The van der Waals surface area contributed by atoms with E-state index in [0.29, 0.717) is 0 Å². The predicted octanol–water partition coefficient (Wildman–Crippen LogP) is 0.699. The molecule has 0 amide bonds. The monoisotopic (exact) mass is 292 g/mol. The smallest absolute Gasteiger partial charge is 0.138 e. The summed E-state index contributed by atoms with van der Waals surface area (Å²) in [5.74, 6) is 2.95. The zero-order valence-corrected chi connectivity index (χ0v) is 11.6. The number of anilines is 1. The Labute approximate surface area is 120 Å². The molecule has 0 saturated carbocycles. The number of aromatic amines is 2. The maximum absolute atomic E-state index is 5.79. The summed E-state index contributed by atoms with van der Waals surface area (Å²) >= 11 is 1.88. The first-order valence-electron chi connectivity index (χ1n) is 6.67. The van der Waals surface area contributed by atoms with Crippen LogP contribution >= 0.6 is 11.8 Å². The maximum Gasteiger partial charge on any atom is 0.138 e. The van der Waals surface area contributed by atoms with Crippen molar-refractivity contribution in [2.75, 3.05) is 23.8 Å². The van der Waals surface area contributed by atoms with E-state index in [-0.39, 0.29) is 17.6 Å². The van der Waals surface area contributed by atoms with Gasteiger partial charge < -0.3 is 14.6 Å². The molecule has 106 valence electrons. The summed E-state index contributed by atoms with van der Waals surface area (Å²) in [6, 6.07) is 2.19. The van der Waals surface area contributed by atoms with E-state index in [1.54, 1.807) is 12.4 Å². The first-order chi connectivity index (χ1) is 9.93. The molecule has 2 saturated heterocycles. The summed E-state index contributed by atoms with van der Waals surface area (Å²) < 4.78 is 5.79. The van der Waals surface area contributed by atoms with Gasteiger partial charge in [-0.1, -0.05) is 0 Å². The summed E-state index contributed by atoms with van der Waals surface area (Å²) in [5.41, 5.74) is 0. The lowest BCUT2D eigenvalue weighted by atomic mass is 10.2. The van der Waals surface area contributed by atoms with E-state index in [0.717, 1.165) is 30.5 Å². The molecule has 7 nitrogen and oxygen atoms in total. The fourth-order valence-electron chi connectivity index (χ4n) is 2.76. The predicted molar refractivity (Wildman–Crippen MR) is 76.4 cm³/mol. The lowest BCUT2D eigenvalue weighted by Gasteiger charge is -2.31. The zero-order valence-electron chi connectivity index (χ0n) is 10.8. The molecular formula is C12H16N6OS. The molecule has 0 bridgehead atoms. The van der Waals surface area contributed by atoms with Crippen LogP contribution in [0.15, 0.2) is 24.7 Å². The third-order valence-corrected chi connectivity index (χ3v) is 4.96. The van der Waals surface area contributed by atoms with Crippen molar-refractivity contribution >= 4 is 17.6 Å². The van der Waals surface area contributed by atoms with Gasteiger partial charge in [-0.3, -0.25) is 10.4 Å². The van der Waals surface area contributed by atoms with Crippen LogP contribution in [0.25, 0.3) is 0 Å². The number of H-pyrrole nitrogens is 2. The molecule has 3 atom stereocenters. The average Bonchev–Trinajstić information content (AvgIpc) is 3.23. The number of thioether (sulfide) groups is 1. The summed E-state index contributed by atoms with van der Waals surface area (Å²) in [7, 11) is 0. The molecular weight excluding hydrogens is 276 g/mol.